The zero-order chi connectivity index (χ0) is 24.8. The average molecular weight is 497 g/mol. The fourth-order valence-corrected chi connectivity index (χ4v) is 6.79. The van der Waals surface area contributed by atoms with Gasteiger partial charge in [0.15, 0.2) is 5.75 Å². The van der Waals surface area contributed by atoms with E-state index in [1.54, 1.807) is 25.1 Å². The number of methoxy groups -OCH3 is 1. The molecule has 0 saturated carbocycles. The van der Waals surface area contributed by atoms with Crippen molar-refractivity contribution < 1.29 is 24.0 Å². The molecule has 0 aromatic heterocycles. The minimum absolute atomic E-state index is 0.0544. The van der Waals surface area contributed by atoms with Crippen LogP contribution in [0.15, 0.2) is 30.3 Å². The minimum atomic E-state index is -1.34. The Labute approximate surface area is 204 Å². The lowest BCUT2D eigenvalue weighted by molar-refractivity contribution is -0.385. The molecule has 0 radical (unpaired) electrons. The van der Waals surface area contributed by atoms with Gasteiger partial charge in [-0.1, -0.05) is 11.6 Å². The Morgan fingerprint density at radius 3 is 2.69 bits per heavy atom. The van der Waals surface area contributed by atoms with Gasteiger partial charge in [-0.15, -0.1) is 0 Å². The number of rotatable bonds is 3. The van der Waals surface area contributed by atoms with Crippen LogP contribution in [0.2, 0.25) is 5.02 Å². The summed E-state index contributed by atoms with van der Waals surface area (Å²) in [4.78, 5) is 55.6. The molecule has 3 saturated heterocycles. The van der Waals surface area contributed by atoms with E-state index in [1.165, 1.54) is 19.2 Å². The van der Waals surface area contributed by atoms with Gasteiger partial charge in [-0.2, -0.15) is 0 Å². The number of amides is 3. The molecular weight excluding hydrogens is 476 g/mol. The molecule has 2 aromatic carbocycles. The number of hydrogen-bond donors (Lipinski definition) is 1. The maximum atomic E-state index is 14.1. The van der Waals surface area contributed by atoms with Crippen LogP contribution in [0.25, 0.3) is 0 Å². The second-order valence-corrected chi connectivity index (χ2v) is 9.83. The predicted molar refractivity (Wildman–Crippen MR) is 125 cm³/mol. The molecule has 0 bridgehead atoms. The summed E-state index contributed by atoms with van der Waals surface area (Å²) in [7, 11) is 1.29. The van der Waals surface area contributed by atoms with Crippen molar-refractivity contribution in [1.29, 1.82) is 0 Å². The summed E-state index contributed by atoms with van der Waals surface area (Å²) in [6, 6.07) is 7.45. The van der Waals surface area contributed by atoms with Gasteiger partial charge in [-0.3, -0.25) is 29.4 Å². The molecule has 35 heavy (non-hydrogen) atoms. The first kappa shape index (κ1) is 22.0. The number of fused-ring (bicyclic) bond motifs is 7. The fourth-order valence-electron chi connectivity index (χ4n) is 6.62. The Bertz CT molecular complexity index is 1360. The van der Waals surface area contributed by atoms with Crippen LogP contribution >= 0.6 is 11.6 Å². The number of aryl methyl sites for hydroxylation is 1. The highest BCUT2D eigenvalue weighted by molar-refractivity contribution is 6.31. The van der Waals surface area contributed by atoms with Crippen LogP contribution in [0.5, 0.6) is 5.75 Å². The summed E-state index contributed by atoms with van der Waals surface area (Å²) in [6.07, 6.45) is 1.48. The number of carbonyl (C=O) groups excluding carboxylic acids is 3. The van der Waals surface area contributed by atoms with Crippen LogP contribution in [0.1, 0.15) is 24.0 Å². The maximum Gasteiger partial charge on any atom is 0.311 e. The van der Waals surface area contributed by atoms with E-state index in [2.05, 4.69) is 5.32 Å². The smallest absolute Gasteiger partial charge is 0.311 e. The summed E-state index contributed by atoms with van der Waals surface area (Å²) in [5.41, 5.74) is 0.196. The van der Waals surface area contributed by atoms with Gasteiger partial charge in [-0.25, -0.2) is 4.90 Å². The molecule has 0 aliphatic carbocycles. The summed E-state index contributed by atoms with van der Waals surface area (Å²) in [5, 5.41) is 14.8. The predicted octanol–water partition coefficient (Wildman–Crippen LogP) is 3.00. The van der Waals surface area contributed by atoms with Crippen LogP contribution in [0, 0.1) is 28.9 Å². The highest BCUT2D eigenvalue weighted by atomic mass is 35.5. The molecule has 4 aliphatic heterocycles. The zero-order valence-electron chi connectivity index (χ0n) is 18.9. The minimum Gasteiger partial charge on any atom is -0.490 e. The highest BCUT2D eigenvalue weighted by Crippen LogP contribution is 2.61. The number of anilines is 2. The number of benzene rings is 2. The van der Waals surface area contributed by atoms with E-state index >= 15 is 0 Å². The normalized spacial score (nSPS) is 28.9. The van der Waals surface area contributed by atoms with Gasteiger partial charge in [0.05, 0.1) is 29.6 Å². The Balaban J connectivity index is 1.54. The molecule has 11 heteroatoms. The molecule has 4 heterocycles. The van der Waals surface area contributed by atoms with Gasteiger partial charge in [0.1, 0.15) is 5.54 Å². The van der Waals surface area contributed by atoms with Crippen molar-refractivity contribution >= 4 is 46.4 Å². The fraction of sp³-hybridized carbons (Fsp3) is 0.375. The first-order chi connectivity index (χ1) is 16.7. The van der Waals surface area contributed by atoms with Crippen LogP contribution in [-0.2, 0) is 19.9 Å². The van der Waals surface area contributed by atoms with Crippen molar-refractivity contribution in [3.63, 3.8) is 0 Å². The highest BCUT2D eigenvalue weighted by Gasteiger charge is 2.74. The average Bonchev–Trinajstić information content (AvgIpc) is 3.52. The Hall–Kier alpha value is -3.50. The maximum absolute atomic E-state index is 14.1. The van der Waals surface area contributed by atoms with Crippen LogP contribution in [-0.4, -0.2) is 47.2 Å². The SMILES string of the molecule is COc1cc(N2C(=O)[C@H]3[C@@H](C2=O)[C@]2(C(=O)Nc4ccc(Cl)cc42)N2CCC[C@@H]32)c(C)cc1[N+](=O)[O-]. The monoisotopic (exact) mass is 496 g/mol. The van der Waals surface area contributed by atoms with Gasteiger partial charge in [0, 0.05) is 34.4 Å². The Morgan fingerprint density at radius 2 is 1.97 bits per heavy atom. The van der Waals surface area contributed by atoms with Crippen molar-refractivity contribution in [1.82, 2.24) is 4.90 Å². The van der Waals surface area contributed by atoms with Gasteiger partial charge in [-0.05, 0) is 50.1 Å². The lowest BCUT2D eigenvalue weighted by atomic mass is 9.75. The van der Waals surface area contributed by atoms with E-state index in [9.17, 15) is 24.5 Å². The summed E-state index contributed by atoms with van der Waals surface area (Å²) < 4.78 is 5.19. The van der Waals surface area contributed by atoms with E-state index in [4.69, 9.17) is 16.3 Å². The number of nitrogens with zero attached hydrogens (tertiary/aromatic N) is 3. The molecule has 3 amide bonds. The third-order valence-electron chi connectivity index (χ3n) is 7.89. The summed E-state index contributed by atoms with van der Waals surface area (Å²) in [6.45, 7) is 2.19. The van der Waals surface area contributed by atoms with Gasteiger partial charge < -0.3 is 10.1 Å². The molecule has 4 aliphatic rings. The molecule has 3 fully saturated rings. The molecule has 0 unspecified atom stereocenters. The number of ether oxygens (including phenoxy) is 1. The van der Waals surface area contributed by atoms with Crippen molar-refractivity contribution in [2.75, 3.05) is 23.9 Å². The first-order valence-corrected chi connectivity index (χ1v) is 11.7. The van der Waals surface area contributed by atoms with E-state index in [0.717, 1.165) is 11.3 Å². The van der Waals surface area contributed by atoms with Gasteiger partial charge >= 0.3 is 5.69 Å². The third-order valence-corrected chi connectivity index (χ3v) is 8.12. The summed E-state index contributed by atoms with van der Waals surface area (Å²) in [5.74, 6) is -2.97. The molecule has 180 valence electrons. The second-order valence-electron chi connectivity index (χ2n) is 9.40. The molecule has 2 aromatic rings. The molecule has 6 rings (SSSR count). The van der Waals surface area contributed by atoms with Gasteiger partial charge in [0.2, 0.25) is 17.7 Å². The Kier molecular flexibility index (Phi) is 4.56. The van der Waals surface area contributed by atoms with Crippen molar-refractivity contribution in [2.45, 2.75) is 31.3 Å². The molecule has 10 nitrogen and oxygen atoms in total. The number of nitrogens with one attached hydrogen (secondary N) is 1. The van der Waals surface area contributed by atoms with Crippen molar-refractivity contribution in [2.24, 2.45) is 11.8 Å². The number of halogens is 1. The number of nitro benzene ring substituents is 1. The van der Waals surface area contributed by atoms with Crippen LogP contribution in [0.4, 0.5) is 17.1 Å². The number of carbonyl (C=O) groups is 3. The lowest BCUT2D eigenvalue weighted by Gasteiger charge is -2.36. The molecular formula is C24H21ClN4O6. The van der Waals surface area contributed by atoms with Crippen molar-refractivity contribution in [3.8, 4) is 5.75 Å². The van der Waals surface area contributed by atoms with E-state index < -0.39 is 34.1 Å². The molecule has 4 atom stereocenters. The van der Waals surface area contributed by atoms with Crippen LogP contribution < -0.4 is 15.0 Å². The second kappa shape index (κ2) is 7.25. The van der Waals surface area contributed by atoms with Crippen LogP contribution in [0.3, 0.4) is 0 Å². The number of imide groups is 1. The Morgan fingerprint density at radius 1 is 1.20 bits per heavy atom. The standard InChI is InChI=1S/C24H21ClN4O6/c1-11-8-17(29(33)34)18(35-2)10-16(11)28-21(30)19-15-4-3-7-27(15)24(20(19)22(28)31)13-9-12(25)5-6-14(13)26-23(24)32/h5-6,8-10,15,19-20H,3-4,7H2,1-2H3,(H,26,32)/t15-,19+,20-,24+/m0/s1. The number of hydrogen-bond acceptors (Lipinski definition) is 7. The van der Waals surface area contributed by atoms with Crippen molar-refractivity contribution in [3.05, 3.63) is 56.6 Å². The quantitative estimate of drug-likeness (QED) is 0.393. The zero-order valence-corrected chi connectivity index (χ0v) is 19.7. The molecule has 1 spiro atoms. The topological polar surface area (TPSA) is 122 Å². The first-order valence-electron chi connectivity index (χ1n) is 11.3. The number of nitro groups is 1. The van der Waals surface area contributed by atoms with E-state index in [0.29, 0.717) is 34.8 Å². The van der Waals surface area contributed by atoms with E-state index in [-0.39, 0.29) is 29.1 Å². The molecule has 1 N–H and O–H groups in total. The van der Waals surface area contributed by atoms with Gasteiger partial charge in [0.25, 0.3) is 0 Å². The largest absolute Gasteiger partial charge is 0.490 e. The summed E-state index contributed by atoms with van der Waals surface area (Å²) >= 11 is 6.31. The lowest BCUT2D eigenvalue weighted by Crippen LogP contribution is -2.54. The third kappa shape index (κ3) is 2.61. The van der Waals surface area contributed by atoms with E-state index in [1.807, 2.05) is 4.90 Å².